The highest BCUT2D eigenvalue weighted by Crippen LogP contribution is 2.03. The Hall–Kier alpha value is -1.35. The van der Waals surface area contributed by atoms with E-state index in [0.29, 0.717) is 19.3 Å². The molecule has 0 aromatic heterocycles. The molecule has 0 saturated carbocycles. The molecule has 0 radical (unpaired) electrons. The number of aliphatic imine (C=N–C) groups is 1. The maximum absolute atomic E-state index is 5.67. The Balaban J connectivity index is 1.64. The molecule has 0 bridgehead atoms. The SMILES string of the molecule is CC(COCc1ccccc1)NC1=NCCC1. The van der Waals surface area contributed by atoms with Gasteiger partial charge in [0.25, 0.3) is 0 Å². The van der Waals surface area contributed by atoms with Crippen molar-refractivity contribution in [3.63, 3.8) is 0 Å². The molecule has 1 unspecified atom stereocenters. The summed E-state index contributed by atoms with van der Waals surface area (Å²) in [5.74, 6) is 1.14. The molecule has 1 aliphatic rings. The molecule has 92 valence electrons. The molecule has 0 saturated heterocycles. The van der Waals surface area contributed by atoms with Crippen LogP contribution in [0.25, 0.3) is 0 Å². The molecule has 2 rings (SSSR count). The van der Waals surface area contributed by atoms with E-state index in [1.165, 1.54) is 12.0 Å². The number of amidine groups is 1. The summed E-state index contributed by atoms with van der Waals surface area (Å²) in [5.41, 5.74) is 1.22. The van der Waals surface area contributed by atoms with E-state index in [1.807, 2.05) is 18.2 Å². The predicted molar refractivity (Wildman–Crippen MR) is 70.2 cm³/mol. The highest BCUT2D eigenvalue weighted by Gasteiger charge is 2.09. The lowest BCUT2D eigenvalue weighted by Crippen LogP contribution is -2.34. The highest BCUT2D eigenvalue weighted by atomic mass is 16.5. The molecule has 1 N–H and O–H groups in total. The third-order valence-electron chi connectivity index (χ3n) is 2.77. The van der Waals surface area contributed by atoms with E-state index in [1.54, 1.807) is 0 Å². The molecule has 1 heterocycles. The van der Waals surface area contributed by atoms with Crippen molar-refractivity contribution in [1.29, 1.82) is 0 Å². The van der Waals surface area contributed by atoms with Gasteiger partial charge in [-0.05, 0) is 18.9 Å². The number of nitrogens with zero attached hydrogens (tertiary/aromatic N) is 1. The van der Waals surface area contributed by atoms with E-state index in [4.69, 9.17) is 4.74 Å². The minimum atomic E-state index is 0.329. The van der Waals surface area contributed by atoms with Crippen molar-refractivity contribution >= 4 is 5.84 Å². The zero-order chi connectivity index (χ0) is 11.9. The predicted octanol–water partition coefficient (Wildman–Crippen LogP) is 2.37. The molecule has 3 heteroatoms. The number of rotatable bonds is 5. The first-order valence-electron chi connectivity index (χ1n) is 6.26. The van der Waals surface area contributed by atoms with Crippen molar-refractivity contribution in [2.24, 2.45) is 4.99 Å². The van der Waals surface area contributed by atoms with Gasteiger partial charge in [0.2, 0.25) is 0 Å². The average Bonchev–Trinajstić information content (AvgIpc) is 2.83. The minimum Gasteiger partial charge on any atom is -0.375 e. The van der Waals surface area contributed by atoms with Crippen LogP contribution in [0.1, 0.15) is 25.3 Å². The Labute approximate surface area is 103 Å². The Bertz CT molecular complexity index is 362. The van der Waals surface area contributed by atoms with Crippen LogP contribution in [0.5, 0.6) is 0 Å². The summed E-state index contributed by atoms with van der Waals surface area (Å²) in [4.78, 5) is 4.39. The first-order valence-corrected chi connectivity index (χ1v) is 6.26. The van der Waals surface area contributed by atoms with Crippen LogP contribution in [-0.4, -0.2) is 25.0 Å². The summed E-state index contributed by atoms with van der Waals surface area (Å²) in [7, 11) is 0. The van der Waals surface area contributed by atoms with Crippen molar-refractivity contribution in [1.82, 2.24) is 5.32 Å². The van der Waals surface area contributed by atoms with E-state index in [9.17, 15) is 0 Å². The lowest BCUT2D eigenvalue weighted by Gasteiger charge is -2.15. The Morgan fingerprint density at radius 3 is 2.88 bits per heavy atom. The van der Waals surface area contributed by atoms with Crippen molar-refractivity contribution in [2.45, 2.75) is 32.4 Å². The number of hydrogen-bond acceptors (Lipinski definition) is 3. The second-order valence-electron chi connectivity index (χ2n) is 4.48. The smallest absolute Gasteiger partial charge is 0.0966 e. The topological polar surface area (TPSA) is 33.6 Å². The number of ether oxygens (including phenoxy) is 1. The van der Waals surface area contributed by atoms with Gasteiger partial charge in [-0.15, -0.1) is 0 Å². The maximum Gasteiger partial charge on any atom is 0.0966 e. The Morgan fingerprint density at radius 2 is 2.18 bits per heavy atom. The van der Waals surface area contributed by atoms with Crippen molar-refractivity contribution in [2.75, 3.05) is 13.2 Å². The molecule has 0 spiro atoms. The third-order valence-corrected chi connectivity index (χ3v) is 2.77. The summed E-state index contributed by atoms with van der Waals surface area (Å²) >= 11 is 0. The number of hydrogen-bond donors (Lipinski definition) is 1. The zero-order valence-electron chi connectivity index (χ0n) is 10.4. The van der Waals surface area contributed by atoms with Crippen molar-refractivity contribution in [3.05, 3.63) is 35.9 Å². The second-order valence-corrected chi connectivity index (χ2v) is 4.48. The maximum atomic E-state index is 5.67. The minimum absolute atomic E-state index is 0.329. The number of benzene rings is 1. The molecule has 0 fully saturated rings. The molecule has 1 atom stereocenters. The molecule has 17 heavy (non-hydrogen) atoms. The van der Waals surface area contributed by atoms with E-state index >= 15 is 0 Å². The normalized spacial score (nSPS) is 16.6. The average molecular weight is 232 g/mol. The fraction of sp³-hybridized carbons (Fsp3) is 0.500. The standard InChI is InChI=1S/C14H20N2O/c1-12(16-14-8-5-9-15-14)10-17-11-13-6-3-2-4-7-13/h2-4,6-7,12H,5,8-11H2,1H3,(H,15,16). The van der Waals surface area contributed by atoms with Gasteiger partial charge in [0.05, 0.1) is 19.0 Å². The summed E-state index contributed by atoms with van der Waals surface area (Å²) in [5, 5.41) is 3.39. The molecular formula is C14H20N2O. The van der Waals surface area contributed by atoms with Gasteiger partial charge in [-0.1, -0.05) is 30.3 Å². The first-order chi connectivity index (χ1) is 8.34. The van der Waals surface area contributed by atoms with Crippen LogP contribution in [0.2, 0.25) is 0 Å². The summed E-state index contributed by atoms with van der Waals surface area (Å²) in [6.07, 6.45) is 2.27. The van der Waals surface area contributed by atoms with Gasteiger partial charge in [-0.25, -0.2) is 0 Å². The van der Waals surface area contributed by atoms with Gasteiger partial charge >= 0.3 is 0 Å². The van der Waals surface area contributed by atoms with Gasteiger partial charge in [-0.3, -0.25) is 4.99 Å². The van der Waals surface area contributed by atoms with Crippen LogP contribution in [0.4, 0.5) is 0 Å². The van der Waals surface area contributed by atoms with Gasteiger partial charge in [0.1, 0.15) is 0 Å². The fourth-order valence-electron chi connectivity index (χ4n) is 1.91. The summed E-state index contributed by atoms with van der Waals surface area (Å²) in [6, 6.07) is 10.6. The van der Waals surface area contributed by atoms with Gasteiger partial charge in [0, 0.05) is 19.0 Å². The van der Waals surface area contributed by atoms with E-state index < -0.39 is 0 Å². The van der Waals surface area contributed by atoms with Crippen LogP contribution in [-0.2, 0) is 11.3 Å². The Morgan fingerprint density at radius 1 is 1.35 bits per heavy atom. The summed E-state index contributed by atoms with van der Waals surface area (Å²) in [6.45, 7) is 4.50. The molecule has 0 aliphatic carbocycles. The monoisotopic (exact) mass is 232 g/mol. The lowest BCUT2D eigenvalue weighted by molar-refractivity contribution is 0.107. The third kappa shape index (κ3) is 4.19. The van der Waals surface area contributed by atoms with Crippen LogP contribution < -0.4 is 5.32 Å². The van der Waals surface area contributed by atoms with E-state index in [-0.39, 0.29) is 0 Å². The van der Waals surface area contributed by atoms with Gasteiger partial charge in [-0.2, -0.15) is 0 Å². The van der Waals surface area contributed by atoms with Crippen LogP contribution >= 0.6 is 0 Å². The molecular weight excluding hydrogens is 212 g/mol. The molecule has 1 aliphatic heterocycles. The lowest BCUT2D eigenvalue weighted by atomic mass is 10.2. The van der Waals surface area contributed by atoms with E-state index in [0.717, 1.165) is 18.8 Å². The summed E-state index contributed by atoms with van der Waals surface area (Å²) < 4.78 is 5.67. The van der Waals surface area contributed by atoms with E-state index in [2.05, 4.69) is 29.4 Å². The fourth-order valence-corrected chi connectivity index (χ4v) is 1.91. The van der Waals surface area contributed by atoms with Crippen LogP contribution in [0, 0.1) is 0 Å². The molecule has 0 amide bonds. The van der Waals surface area contributed by atoms with Gasteiger partial charge in [0.15, 0.2) is 0 Å². The largest absolute Gasteiger partial charge is 0.375 e. The molecule has 1 aromatic carbocycles. The molecule has 3 nitrogen and oxygen atoms in total. The second kappa shape index (κ2) is 6.40. The van der Waals surface area contributed by atoms with Crippen molar-refractivity contribution < 1.29 is 4.74 Å². The van der Waals surface area contributed by atoms with Crippen molar-refractivity contribution in [3.8, 4) is 0 Å². The zero-order valence-corrected chi connectivity index (χ0v) is 10.4. The Kier molecular flexibility index (Phi) is 4.56. The quantitative estimate of drug-likeness (QED) is 0.845. The highest BCUT2D eigenvalue weighted by molar-refractivity contribution is 5.83. The van der Waals surface area contributed by atoms with Gasteiger partial charge < -0.3 is 10.1 Å². The molecule has 1 aromatic rings. The first kappa shape index (κ1) is 12.1. The van der Waals surface area contributed by atoms with Crippen LogP contribution in [0.15, 0.2) is 35.3 Å². The van der Waals surface area contributed by atoms with Crippen LogP contribution in [0.3, 0.4) is 0 Å². The number of nitrogens with one attached hydrogen (secondary N) is 1.